The van der Waals surface area contributed by atoms with E-state index in [1.165, 1.54) is 0 Å². The average molecular weight is 421 g/mol. The summed E-state index contributed by atoms with van der Waals surface area (Å²) in [5, 5.41) is 3.57. The van der Waals surface area contributed by atoms with Crippen LogP contribution in [-0.2, 0) is 4.79 Å². The van der Waals surface area contributed by atoms with Crippen LogP contribution in [0.2, 0.25) is 5.02 Å². The van der Waals surface area contributed by atoms with E-state index >= 15 is 0 Å². The number of halogens is 1. The zero-order valence-electron chi connectivity index (χ0n) is 16.5. The monoisotopic (exact) mass is 420 g/mol. The van der Waals surface area contributed by atoms with Crippen LogP contribution >= 0.6 is 11.6 Å². The molecule has 0 aliphatic carbocycles. The van der Waals surface area contributed by atoms with E-state index in [0.717, 1.165) is 11.3 Å². The second kappa shape index (κ2) is 8.59. The van der Waals surface area contributed by atoms with Crippen LogP contribution in [0.15, 0.2) is 72.8 Å². The minimum Gasteiger partial charge on any atom is -0.497 e. The van der Waals surface area contributed by atoms with E-state index in [4.69, 9.17) is 16.3 Å². The third-order valence-electron chi connectivity index (χ3n) is 5.25. The number of amides is 2. The standard InChI is InChI=1S/C24H21ClN2O3/c1-30-19-12-6-16(7-13-19)24(29)27-15-14-21(20-4-2-3-5-22(20)27)23(28)26-18-10-8-17(25)9-11-18/h2-13,21H,14-15H2,1H3,(H,26,28)/t21-/m0/s1. The Morgan fingerprint density at radius 2 is 1.70 bits per heavy atom. The molecule has 1 aliphatic heterocycles. The topological polar surface area (TPSA) is 58.6 Å². The fourth-order valence-electron chi connectivity index (χ4n) is 3.70. The van der Waals surface area contributed by atoms with Gasteiger partial charge < -0.3 is 15.0 Å². The van der Waals surface area contributed by atoms with Gasteiger partial charge in [0.1, 0.15) is 5.75 Å². The van der Waals surface area contributed by atoms with Gasteiger partial charge >= 0.3 is 0 Å². The number of fused-ring (bicyclic) bond motifs is 1. The van der Waals surface area contributed by atoms with Crippen LogP contribution in [-0.4, -0.2) is 25.5 Å². The van der Waals surface area contributed by atoms with E-state index in [1.807, 2.05) is 24.3 Å². The smallest absolute Gasteiger partial charge is 0.258 e. The van der Waals surface area contributed by atoms with Crippen molar-refractivity contribution in [3.05, 3.63) is 88.9 Å². The first kappa shape index (κ1) is 20.0. The molecular weight excluding hydrogens is 400 g/mol. The van der Waals surface area contributed by atoms with Crippen molar-refractivity contribution in [1.29, 1.82) is 0 Å². The fourth-order valence-corrected chi connectivity index (χ4v) is 3.82. The first-order chi connectivity index (χ1) is 14.6. The molecule has 0 bridgehead atoms. The lowest BCUT2D eigenvalue weighted by Gasteiger charge is -2.33. The van der Waals surface area contributed by atoms with Gasteiger partial charge in [0.05, 0.1) is 13.0 Å². The fraction of sp³-hybridized carbons (Fsp3) is 0.167. The van der Waals surface area contributed by atoms with Crippen LogP contribution in [0.4, 0.5) is 11.4 Å². The van der Waals surface area contributed by atoms with Gasteiger partial charge in [0.15, 0.2) is 0 Å². The van der Waals surface area contributed by atoms with E-state index in [0.29, 0.717) is 35.0 Å². The Labute approximate surface area is 180 Å². The van der Waals surface area contributed by atoms with Crippen molar-refractivity contribution in [2.75, 3.05) is 23.9 Å². The molecule has 2 amide bonds. The number of ether oxygens (including phenoxy) is 1. The maximum absolute atomic E-state index is 13.1. The highest BCUT2D eigenvalue weighted by atomic mass is 35.5. The number of methoxy groups -OCH3 is 1. The van der Waals surface area contributed by atoms with Crippen LogP contribution < -0.4 is 15.0 Å². The Morgan fingerprint density at radius 3 is 2.40 bits per heavy atom. The molecule has 3 aromatic carbocycles. The molecule has 6 heteroatoms. The Balaban J connectivity index is 1.58. The highest BCUT2D eigenvalue weighted by Crippen LogP contribution is 2.37. The van der Waals surface area contributed by atoms with Gasteiger partial charge in [-0.2, -0.15) is 0 Å². The molecule has 0 radical (unpaired) electrons. The second-order valence-electron chi connectivity index (χ2n) is 7.08. The second-order valence-corrected chi connectivity index (χ2v) is 7.52. The number of nitrogens with zero attached hydrogens (tertiary/aromatic N) is 1. The van der Waals surface area contributed by atoms with E-state index in [1.54, 1.807) is 60.5 Å². The lowest BCUT2D eigenvalue weighted by Crippen LogP contribution is -2.39. The largest absolute Gasteiger partial charge is 0.497 e. The lowest BCUT2D eigenvalue weighted by molar-refractivity contribution is -0.117. The van der Waals surface area contributed by atoms with Crippen molar-refractivity contribution in [2.45, 2.75) is 12.3 Å². The van der Waals surface area contributed by atoms with Crippen molar-refractivity contribution in [3.8, 4) is 5.75 Å². The normalized spacial score (nSPS) is 15.3. The number of hydrogen-bond donors (Lipinski definition) is 1. The van der Waals surface area contributed by atoms with Crippen molar-refractivity contribution >= 4 is 34.8 Å². The summed E-state index contributed by atoms with van der Waals surface area (Å²) in [6.07, 6.45) is 0.540. The predicted octanol–water partition coefficient (Wildman–Crippen LogP) is 5.12. The van der Waals surface area contributed by atoms with Crippen LogP contribution in [0.25, 0.3) is 0 Å². The van der Waals surface area contributed by atoms with Gasteiger partial charge in [0.25, 0.3) is 5.91 Å². The first-order valence-electron chi connectivity index (χ1n) is 9.68. The minimum absolute atomic E-state index is 0.0957. The Bertz CT molecular complexity index is 1060. The summed E-state index contributed by atoms with van der Waals surface area (Å²) in [7, 11) is 1.59. The highest BCUT2D eigenvalue weighted by Gasteiger charge is 2.32. The molecule has 4 rings (SSSR count). The summed E-state index contributed by atoms with van der Waals surface area (Å²) >= 11 is 5.92. The molecule has 1 aliphatic rings. The van der Waals surface area contributed by atoms with Gasteiger partial charge in [-0.15, -0.1) is 0 Å². The molecule has 1 heterocycles. The number of anilines is 2. The summed E-state index contributed by atoms with van der Waals surface area (Å²) in [6.45, 7) is 0.459. The molecule has 152 valence electrons. The first-order valence-corrected chi connectivity index (χ1v) is 10.1. The SMILES string of the molecule is COc1ccc(C(=O)N2CC[C@H](C(=O)Nc3ccc(Cl)cc3)c3ccccc32)cc1. The van der Waals surface area contributed by atoms with Crippen molar-refractivity contribution in [1.82, 2.24) is 0 Å². The molecule has 0 unspecified atom stereocenters. The van der Waals surface area contributed by atoms with Crippen LogP contribution in [0, 0.1) is 0 Å². The molecule has 5 nitrogen and oxygen atoms in total. The third-order valence-corrected chi connectivity index (χ3v) is 5.51. The molecule has 0 fully saturated rings. The number of nitrogens with one attached hydrogen (secondary N) is 1. The van der Waals surface area contributed by atoms with Gasteiger partial charge in [-0.3, -0.25) is 9.59 Å². The van der Waals surface area contributed by atoms with E-state index in [2.05, 4.69) is 5.32 Å². The maximum Gasteiger partial charge on any atom is 0.258 e. The molecule has 0 spiro atoms. The van der Waals surface area contributed by atoms with Crippen LogP contribution in [0.3, 0.4) is 0 Å². The minimum atomic E-state index is -0.336. The van der Waals surface area contributed by atoms with E-state index in [9.17, 15) is 9.59 Å². The quantitative estimate of drug-likeness (QED) is 0.637. The summed E-state index contributed by atoms with van der Waals surface area (Å²) in [5.41, 5.74) is 2.88. The van der Waals surface area contributed by atoms with Crippen LogP contribution in [0.5, 0.6) is 5.75 Å². The molecular formula is C24H21ClN2O3. The number of carbonyl (C=O) groups excluding carboxylic acids is 2. The molecule has 0 aromatic heterocycles. The summed E-state index contributed by atoms with van der Waals surface area (Å²) < 4.78 is 5.17. The van der Waals surface area contributed by atoms with Gasteiger partial charge in [-0.05, 0) is 66.6 Å². The number of hydrogen-bond acceptors (Lipinski definition) is 3. The van der Waals surface area contributed by atoms with Crippen LogP contribution in [0.1, 0.15) is 28.3 Å². The molecule has 0 saturated carbocycles. The van der Waals surface area contributed by atoms with Gasteiger partial charge in [0, 0.05) is 28.5 Å². The lowest BCUT2D eigenvalue weighted by atomic mass is 9.88. The maximum atomic E-state index is 13.1. The number of benzene rings is 3. The molecule has 30 heavy (non-hydrogen) atoms. The third kappa shape index (κ3) is 4.02. The number of rotatable bonds is 4. The van der Waals surface area contributed by atoms with Crippen molar-refractivity contribution in [2.24, 2.45) is 0 Å². The van der Waals surface area contributed by atoms with Crippen molar-refractivity contribution < 1.29 is 14.3 Å². The van der Waals surface area contributed by atoms with Crippen molar-refractivity contribution in [3.63, 3.8) is 0 Å². The molecule has 1 atom stereocenters. The van der Waals surface area contributed by atoms with Gasteiger partial charge in [0.2, 0.25) is 5.91 Å². The summed E-state index contributed by atoms with van der Waals surface area (Å²) in [4.78, 5) is 27.8. The molecule has 0 saturated heterocycles. The van der Waals surface area contributed by atoms with Gasteiger partial charge in [-0.25, -0.2) is 0 Å². The Kier molecular flexibility index (Phi) is 5.72. The number of carbonyl (C=O) groups is 2. The highest BCUT2D eigenvalue weighted by molar-refractivity contribution is 6.30. The Morgan fingerprint density at radius 1 is 1.00 bits per heavy atom. The predicted molar refractivity (Wildman–Crippen MR) is 119 cm³/mol. The molecule has 3 aromatic rings. The van der Waals surface area contributed by atoms with E-state index in [-0.39, 0.29) is 17.7 Å². The zero-order valence-corrected chi connectivity index (χ0v) is 17.2. The zero-order chi connectivity index (χ0) is 21.1. The summed E-state index contributed by atoms with van der Waals surface area (Å²) in [5.74, 6) is 0.171. The molecule has 1 N–H and O–H groups in total. The number of para-hydroxylation sites is 1. The Hall–Kier alpha value is -3.31. The summed E-state index contributed by atoms with van der Waals surface area (Å²) in [6, 6.07) is 21.6. The average Bonchev–Trinajstić information content (AvgIpc) is 2.79. The van der Waals surface area contributed by atoms with Gasteiger partial charge in [-0.1, -0.05) is 29.8 Å². The van der Waals surface area contributed by atoms with E-state index < -0.39 is 0 Å².